The van der Waals surface area contributed by atoms with E-state index in [1.165, 1.54) is 0 Å². The van der Waals surface area contributed by atoms with Crippen molar-refractivity contribution in [3.63, 3.8) is 0 Å². The second-order valence-corrected chi connectivity index (χ2v) is 4.69. The molecular formula is C13H20ClNO. The first-order chi connectivity index (χ1) is 7.70. The molecule has 0 bridgehead atoms. The van der Waals surface area contributed by atoms with Crippen molar-refractivity contribution >= 4 is 11.6 Å². The maximum absolute atomic E-state index is 6.11. The van der Waals surface area contributed by atoms with Gasteiger partial charge < -0.3 is 10.1 Å². The van der Waals surface area contributed by atoms with Crippen LogP contribution in [-0.4, -0.2) is 25.1 Å². The normalized spacial score (nSPS) is 12.8. The monoisotopic (exact) mass is 241 g/mol. The minimum Gasteiger partial charge on any atom is -0.492 e. The zero-order valence-corrected chi connectivity index (χ0v) is 10.7. The molecule has 0 amide bonds. The maximum Gasteiger partial charge on any atom is 0.119 e. The fourth-order valence-electron chi connectivity index (χ4n) is 1.23. The number of hydrogen-bond acceptors (Lipinski definition) is 2. The molecule has 2 nitrogen and oxygen atoms in total. The molecule has 0 aliphatic carbocycles. The largest absolute Gasteiger partial charge is 0.492 e. The average Bonchev–Trinajstić information content (AvgIpc) is 2.29. The van der Waals surface area contributed by atoms with E-state index in [4.69, 9.17) is 16.3 Å². The zero-order valence-electron chi connectivity index (χ0n) is 9.95. The average molecular weight is 242 g/mol. The lowest BCUT2D eigenvalue weighted by Gasteiger charge is -2.14. The van der Waals surface area contributed by atoms with Gasteiger partial charge in [0.25, 0.3) is 0 Å². The van der Waals surface area contributed by atoms with Gasteiger partial charge >= 0.3 is 0 Å². The first-order valence-electron chi connectivity index (χ1n) is 5.73. The Bertz CT molecular complexity index is 277. The Balaban J connectivity index is 2.04. The lowest BCUT2D eigenvalue weighted by molar-refractivity contribution is 0.312. The number of alkyl halides is 1. The van der Waals surface area contributed by atoms with Crippen LogP contribution >= 0.6 is 11.6 Å². The summed E-state index contributed by atoms with van der Waals surface area (Å²) in [4.78, 5) is 0. The van der Waals surface area contributed by atoms with Crippen molar-refractivity contribution in [3.8, 4) is 5.75 Å². The fourth-order valence-corrected chi connectivity index (χ4v) is 1.34. The molecule has 1 aromatic carbocycles. The van der Waals surface area contributed by atoms with Crippen LogP contribution in [0.4, 0.5) is 0 Å². The van der Waals surface area contributed by atoms with E-state index in [0.29, 0.717) is 12.5 Å². The molecule has 16 heavy (non-hydrogen) atoms. The molecule has 0 fully saturated rings. The third-order valence-electron chi connectivity index (χ3n) is 2.35. The number of halogens is 1. The second-order valence-electron chi connectivity index (χ2n) is 4.13. The SMILES string of the molecule is CC(C)C(Cl)CNCCOc1ccccc1. The topological polar surface area (TPSA) is 21.3 Å². The van der Waals surface area contributed by atoms with Gasteiger partial charge in [0.05, 0.1) is 0 Å². The van der Waals surface area contributed by atoms with Crippen LogP contribution in [0.15, 0.2) is 30.3 Å². The molecule has 1 unspecified atom stereocenters. The van der Waals surface area contributed by atoms with Crippen molar-refractivity contribution in [1.82, 2.24) is 5.32 Å². The van der Waals surface area contributed by atoms with Gasteiger partial charge in [0.15, 0.2) is 0 Å². The van der Waals surface area contributed by atoms with E-state index >= 15 is 0 Å². The first kappa shape index (κ1) is 13.3. The molecule has 0 aromatic heterocycles. The van der Waals surface area contributed by atoms with Crippen LogP contribution in [0.2, 0.25) is 0 Å². The Morgan fingerprint density at radius 3 is 2.56 bits per heavy atom. The van der Waals surface area contributed by atoms with Crippen LogP contribution in [0.3, 0.4) is 0 Å². The Morgan fingerprint density at radius 1 is 1.25 bits per heavy atom. The molecule has 1 aromatic rings. The van der Waals surface area contributed by atoms with Crippen molar-refractivity contribution in [2.75, 3.05) is 19.7 Å². The summed E-state index contributed by atoms with van der Waals surface area (Å²) in [6, 6.07) is 9.83. The van der Waals surface area contributed by atoms with Crippen molar-refractivity contribution in [2.24, 2.45) is 5.92 Å². The lowest BCUT2D eigenvalue weighted by Crippen LogP contribution is -2.30. The Morgan fingerprint density at radius 2 is 1.94 bits per heavy atom. The van der Waals surface area contributed by atoms with Crippen molar-refractivity contribution in [1.29, 1.82) is 0 Å². The van der Waals surface area contributed by atoms with Crippen molar-refractivity contribution in [2.45, 2.75) is 19.2 Å². The van der Waals surface area contributed by atoms with Crippen LogP contribution in [0.25, 0.3) is 0 Å². The summed E-state index contributed by atoms with van der Waals surface area (Å²) < 4.78 is 5.54. The smallest absolute Gasteiger partial charge is 0.119 e. The number of ether oxygens (including phenoxy) is 1. The molecule has 0 spiro atoms. The summed E-state index contributed by atoms with van der Waals surface area (Å²) in [6.45, 7) is 6.58. The Hall–Kier alpha value is -0.730. The zero-order chi connectivity index (χ0) is 11.8. The van der Waals surface area contributed by atoms with Crippen LogP contribution in [0.1, 0.15) is 13.8 Å². The molecule has 0 radical (unpaired) electrons. The van der Waals surface area contributed by atoms with Gasteiger partial charge in [-0.05, 0) is 18.1 Å². The summed E-state index contributed by atoms with van der Waals surface area (Å²) in [6.07, 6.45) is 0. The Kier molecular flexibility index (Phi) is 6.27. The van der Waals surface area contributed by atoms with Crippen molar-refractivity contribution < 1.29 is 4.74 Å². The summed E-state index contributed by atoms with van der Waals surface area (Å²) in [5.41, 5.74) is 0. The summed E-state index contributed by atoms with van der Waals surface area (Å²) in [7, 11) is 0. The van der Waals surface area contributed by atoms with Crippen LogP contribution in [0.5, 0.6) is 5.75 Å². The highest BCUT2D eigenvalue weighted by Gasteiger charge is 2.07. The molecule has 3 heteroatoms. The highest BCUT2D eigenvalue weighted by molar-refractivity contribution is 6.20. The molecular weight excluding hydrogens is 222 g/mol. The van der Waals surface area contributed by atoms with Crippen LogP contribution in [-0.2, 0) is 0 Å². The highest BCUT2D eigenvalue weighted by Crippen LogP contribution is 2.08. The van der Waals surface area contributed by atoms with E-state index < -0.39 is 0 Å². The summed E-state index contributed by atoms with van der Waals surface area (Å²) in [5, 5.41) is 3.47. The minimum atomic E-state index is 0.191. The third kappa shape index (κ3) is 5.38. The fraction of sp³-hybridized carbons (Fsp3) is 0.538. The summed E-state index contributed by atoms with van der Waals surface area (Å²) in [5.74, 6) is 1.42. The molecule has 0 saturated carbocycles. The molecule has 0 aliphatic rings. The van der Waals surface area contributed by atoms with Gasteiger partial charge in [0, 0.05) is 18.5 Å². The van der Waals surface area contributed by atoms with Gasteiger partial charge in [-0.2, -0.15) is 0 Å². The molecule has 0 saturated heterocycles. The van der Waals surface area contributed by atoms with E-state index in [1.807, 2.05) is 30.3 Å². The predicted molar refractivity (Wildman–Crippen MR) is 69.3 cm³/mol. The molecule has 1 rings (SSSR count). The number of rotatable bonds is 7. The van der Waals surface area contributed by atoms with E-state index in [2.05, 4.69) is 19.2 Å². The van der Waals surface area contributed by atoms with Crippen LogP contribution in [0, 0.1) is 5.92 Å². The van der Waals surface area contributed by atoms with Gasteiger partial charge in [-0.15, -0.1) is 11.6 Å². The standard InChI is InChI=1S/C13H20ClNO/c1-11(2)13(14)10-15-8-9-16-12-6-4-3-5-7-12/h3-7,11,13,15H,8-10H2,1-2H3. The van der Waals surface area contributed by atoms with E-state index in [0.717, 1.165) is 18.8 Å². The van der Waals surface area contributed by atoms with Crippen molar-refractivity contribution in [3.05, 3.63) is 30.3 Å². The number of nitrogens with one attached hydrogen (secondary N) is 1. The van der Waals surface area contributed by atoms with Crippen LogP contribution < -0.4 is 10.1 Å². The van der Waals surface area contributed by atoms with Gasteiger partial charge in [-0.1, -0.05) is 32.0 Å². The third-order valence-corrected chi connectivity index (χ3v) is 3.01. The first-order valence-corrected chi connectivity index (χ1v) is 6.16. The van der Waals surface area contributed by atoms with E-state index in [1.54, 1.807) is 0 Å². The molecule has 1 atom stereocenters. The van der Waals surface area contributed by atoms with Gasteiger partial charge in [0.1, 0.15) is 12.4 Å². The maximum atomic E-state index is 6.11. The molecule has 1 N–H and O–H groups in total. The highest BCUT2D eigenvalue weighted by atomic mass is 35.5. The molecule has 90 valence electrons. The minimum absolute atomic E-state index is 0.191. The van der Waals surface area contributed by atoms with Gasteiger partial charge in [-0.25, -0.2) is 0 Å². The second kappa shape index (κ2) is 7.53. The number of para-hydroxylation sites is 1. The summed E-state index contributed by atoms with van der Waals surface area (Å²) >= 11 is 6.11. The van der Waals surface area contributed by atoms with Gasteiger partial charge in [0.2, 0.25) is 0 Å². The number of benzene rings is 1. The van der Waals surface area contributed by atoms with E-state index in [-0.39, 0.29) is 5.38 Å². The quantitative estimate of drug-likeness (QED) is 0.586. The number of hydrogen-bond donors (Lipinski definition) is 1. The van der Waals surface area contributed by atoms with E-state index in [9.17, 15) is 0 Å². The predicted octanol–water partition coefficient (Wildman–Crippen LogP) is 2.92. The van der Waals surface area contributed by atoms with Gasteiger partial charge in [-0.3, -0.25) is 0 Å². The molecule has 0 aliphatic heterocycles. The lowest BCUT2D eigenvalue weighted by atomic mass is 10.1. The Labute approximate surface area is 103 Å². The molecule has 0 heterocycles.